The van der Waals surface area contributed by atoms with Gasteiger partial charge in [0.15, 0.2) is 0 Å². The van der Waals surface area contributed by atoms with Crippen molar-refractivity contribution in [2.45, 2.75) is 0 Å². The summed E-state index contributed by atoms with van der Waals surface area (Å²) < 4.78 is 46.4. The molecular formula is Ce2O6. The van der Waals surface area contributed by atoms with Crippen molar-refractivity contribution in [2.24, 2.45) is 0 Å². The summed E-state index contributed by atoms with van der Waals surface area (Å²) in [4.78, 5) is 0. The predicted molar refractivity (Wildman–Crippen MR) is 4.92 cm³/mol. The van der Waals surface area contributed by atoms with Gasteiger partial charge in [0.1, 0.15) is 0 Å². The van der Waals surface area contributed by atoms with Crippen molar-refractivity contribution in [1.29, 1.82) is 0 Å². The zero-order chi connectivity index (χ0) is 6.41. The van der Waals surface area contributed by atoms with Gasteiger partial charge in [-0.05, 0) is 0 Å². The number of hydrogen-bond acceptors (Lipinski definition) is 6. The standard InChI is InChI=1S/2Ce.6O. The Kier molecular flexibility index (Phi) is 2.18. The summed E-state index contributed by atoms with van der Waals surface area (Å²) in [6.45, 7) is 0. The summed E-state index contributed by atoms with van der Waals surface area (Å²) in [6, 6.07) is 0. The normalized spacial score (nSPS) is 23.0. The second-order valence-corrected chi connectivity index (χ2v) is 18.1. The molecule has 0 radical (unpaired) electrons. The van der Waals surface area contributed by atoms with Crippen molar-refractivity contribution in [2.75, 3.05) is 0 Å². The Morgan fingerprint density at radius 2 is 1.00 bits per heavy atom. The molecule has 1 aliphatic rings. The zero-order valence-corrected chi connectivity index (χ0v) is 9.73. The number of rotatable bonds is 0. The molecule has 1 aliphatic heterocycles. The second-order valence-electron chi connectivity index (χ2n) is 1.20. The zero-order valence-electron chi connectivity index (χ0n) is 3.45. The van der Waals surface area contributed by atoms with Gasteiger partial charge in [-0.25, -0.2) is 0 Å². The number of hydrogen-bond donors (Lipinski definition) is 0. The van der Waals surface area contributed by atoms with E-state index in [0.29, 0.717) is 0 Å². The van der Waals surface area contributed by atoms with Crippen molar-refractivity contribution in [3.05, 3.63) is 0 Å². The molecule has 0 unspecified atom stereocenters. The van der Waals surface area contributed by atoms with Crippen LogP contribution in [0.5, 0.6) is 0 Å². The Bertz CT molecular complexity index is 226. The fourth-order valence-electron chi connectivity index (χ4n) is 0.314. The third-order valence-corrected chi connectivity index (χ3v) is 26.5. The Morgan fingerprint density at radius 3 is 1.00 bits per heavy atom. The van der Waals surface area contributed by atoms with Crippen LogP contribution in [0.4, 0.5) is 0 Å². The van der Waals surface area contributed by atoms with Gasteiger partial charge in [0.2, 0.25) is 0 Å². The molecule has 0 amide bonds. The fourth-order valence-corrected chi connectivity index (χ4v) is 16.6. The van der Waals surface area contributed by atoms with Gasteiger partial charge in [-0.1, -0.05) is 0 Å². The maximum atomic E-state index is 9.85. The third kappa shape index (κ3) is 1.93. The molecule has 1 fully saturated rings. The van der Waals surface area contributed by atoms with Gasteiger partial charge >= 0.3 is 67.7 Å². The van der Waals surface area contributed by atoms with Crippen molar-refractivity contribution in [1.82, 2.24) is 0 Å². The minimum absolute atomic E-state index is 3.51. The maximum absolute atomic E-state index is 9.85. The van der Waals surface area contributed by atoms with Crippen LogP contribution >= 0.6 is 0 Å². The van der Waals surface area contributed by atoms with Gasteiger partial charge in [-0.3, -0.25) is 0 Å². The molecule has 0 atom stereocenters. The molecule has 1 saturated heterocycles. The summed E-state index contributed by atoms with van der Waals surface area (Å²) in [5, 5.41) is 0. The average Bonchev–Trinajstić information content (AvgIpc) is 1.20. The van der Waals surface area contributed by atoms with Crippen LogP contribution in [-0.4, -0.2) is 0 Å². The van der Waals surface area contributed by atoms with Gasteiger partial charge in [-0.2, -0.15) is 0 Å². The summed E-state index contributed by atoms with van der Waals surface area (Å²) in [6.07, 6.45) is 0. The van der Waals surface area contributed by atoms with Crippen molar-refractivity contribution in [3.63, 3.8) is 0 Å². The predicted octanol–water partition coefficient (Wildman–Crippen LogP) is -0.612. The topological polar surface area (TPSA) is 86.7 Å². The van der Waals surface area contributed by atoms with E-state index in [0.717, 1.165) is 0 Å². The van der Waals surface area contributed by atoms with Crippen LogP contribution in [0.3, 0.4) is 0 Å². The quantitative estimate of drug-likeness (QED) is 0.561. The first-order chi connectivity index (χ1) is 3.41. The molecule has 0 aromatic carbocycles. The molecule has 0 aromatic heterocycles. The molecule has 1 rings (SSSR count). The monoisotopic (exact) mass is 376 g/mol. The van der Waals surface area contributed by atoms with E-state index in [1.165, 1.54) is 0 Å². The van der Waals surface area contributed by atoms with Gasteiger partial charge < -0.3 is 0 Å². The molecular weight excluding hydrogens is 376 g/mol. The molecule has 0 spiro atoms. The van der Waals surface area contributed by atoms with Gasteiger partial charge in [0, 0.05) is 0 Å². The Balaban J connectivity index is 3.00. The van der Waals surface area contributed by atoms with Crippen LogP contribution in [0, 0.1) is 69.6 Å². The summed E-state index contributed by atoms with van der Waals surface area (Å²) in [5.74, 6) is 0. The van der Waals surface area contributed by atoms with Crippen LogP contribution in [0.15, 0.2) is 0 Å². The van der Waals surface area contributed by atoms with Crippen LogP contribution in [0.1, 0.15) is 0 Å². The Hall–Kier alpha value is 1.87. The van der Waals surface area contributed by atoms with E-state index in [2.05, 4.69) is -5.67 Å². The van der Waals surface area contributed by atoms with E-state index in [9.17, 15) is 3.75 Å². The minimum atomic E-state index is -5.36. The Labute approximate surface area is 65.4 Å². The SMILES string of the molecule is [O]=[Ce]1(=[O])[O][Ce](=[O])(=[O])[O]1. The van der Waals surface area contributed by atoms with Gasteiger partial charge in [-0.15, -0.1) is 0 Å². The van der Waals surface area contributed by atoms with E-state index in [1.54, 1.807) is 0 Å². The second kappa shape index (κ2) is 2.18. The van der Waals surface area contributed by atoms with E-state index >= 15 is 0 Å². The van der Waals surface area contributed by atoms with Crippen molar-refractivity contribution >= 4 is 0 Å². The summed E-state index contributed by atoms with van der Waals surface area (Å²) >= 11 is -10.7. The first kappa shape index (κ1) is 7.97. The molecule has 44 valence electrons. The molecule has 8 heavy (non-hydrogen) atoms. The van der Waals surface area contributed by atoms with E-state index in [-0.39, 0.29) is 0 Å². The van der Waals surface area contributed by atoms with Crippen LogP contribution < -0.4 is 0 Å². The first-order valence-electron chi connectivity index (χ1n) is 1.63. The van der Waals surface area contributed by atoms with Crippen LogP contribution in [0.2, 0.25) is 0 Å². The molecule has 1 heterocycles. The molecule has 0 aromatic rings. The van der Waals surface area contributed by atoms with Crippen molar-refractivity contribution in [3.8, 4) is 0 Å². The molecule has 0 N–H and O–H groups in total. The molecule has 0 saturated carbocycles. The van der Waals surface area contributed by atoms with Gasteiger partial charge in [0.25, 0.3) is 0 Å². The van der Waals surface area contributed by atoms with E-state index in [1.807, 2.05) is 0 Å². The third-order valence-electron chi connectivity index (χ3n) is 0.500. The summed E-state index contributed by atoms with van der Waals surface area (Å²) in [7, 11) is 0. The van der Waals surface area contributed by atoms with Crippen LogP contribution in [-0.2, 0) is -1.92 Å². The van der Waals surface area contributed by atoms with Crippen LogP contribution in [0.25, 0.3) is 0 Å². The first-order valence-corrected chi connectivity index (χ1v) is 11.9. The Morgan fingerprint density at radius 1 is 0.750 bits per heavy atom. The fraction of sp³-hybridized carbons (Fsp3) is 0. The molecule has 0 bridgehead atoms. The molecule has 0 aliphatic carbocycles. The molecule has 8 heteroatoms. The average molecular weight is 376 g/mol. The summed E-state index contributed by atoms with van der Waals surface area (Å²) in [5.41, 5.74) is 0. The van der Waals surface area contributed by atoms with Gasteiger partial charge in [0.05, 0.1) is 0 Å². The van der Waals surface area contributed by atoms with E-state index < -0.39 is 69.6 Å². The van der Waals surface area contributed by atoms with E-state index in [4.69, 9.17) is 0 Å². The van der Waals surface area contributed by atoms with Crippen molar-refractivity contribution < 1.29 is 67.7 Å². The molecule has 6 nitrogen and oxygen atoms in total.